The molecule has 0 aromatic heterocycles. The van der Waals surface area contributed by atoms with E-state index in [0.29, 0.717) is 55.6 Å². The molecule has 0 spiro atoms. The Kier molecular flexibility index (Phi) is 9.59. The van der Waals surface area contributed by atoms with Gasteiger partial charge < -0.3 is 24.4 Å². The number of hydrogen-bond donors (Lipinski definition) is 1. The Morgan fingerprint density at radius 1 is 0.947 bits per heavy atom. The van der Waals surface area contributed by atoms with Gasteiger partial charge >= 0.3 is 12.0 Å². The number of nitrogens with zero attached hydrogens (tertiary/aromatic N) is 2. The molecule has 1 atom stereocenters. The number of para-hydroxylation sites is 1. The van der Waals surface area contributed by atoms with Crippen LogP contribution in [0.25, 0.3) is 0 Å². The number of ether oxygens (including phenoxy) is 3. The van der Waals surface area contributed by atoms with E-state index in [1.165, 1.54) is 7.11 Å². The highest BCUT2D eigenvalue weighted by molar-refractivity contribution is 6.30. The van der Waals surface area contributed by atoms with Gasteiger partial charge in [0.2, 0.25) is 0 Å². The number of esters is 1. The minimum absolute atomic E-state index is 0.175. The van der Waals surface area contributed by atoms with Crippen molar-refractivity contribution in [3.05, 3.63) is 94.5 Å². The molecule has 1 heterocycles. The zero-order valence-corrected chi connectivity index (χ0v) is 22.3. The Hall–Kier alpha value is -3.59. The van der Waals surface area contributed by atoms with E-state index in [2.05, 4.69) is 10.2 Å². The first-order valence-corrected chi connectivity index (χ1v) is 12.8. The number of rotatable bonds is 9. The van der Waals surface area contributed by atoms with E-state index in [4.69, 9.17) is 25.8 Å². The van der Waals surface area contributed by atoms with Gasteiger partial charge in [-0.25, -0.2) is 9.59 Å². The molecule has 0 bridgehead atoms. The predicted octanol–water partition coefficient (Wildman–Crippen LogP) is 5.24. The molecule has 3 aromatic carbocycles. The molecule has 2 amide bonds. The first-order valence-electron chi connectivity index (χ1n) is 12.4. The van der Waals surface area contributed by atoms with Crippen molar-refractivity contribution in [1.29, 1.82) is 0 Å². The molecule has 0 saturated carbocycles. The van der Waals surface area contributed by atoms with Gasteiger partial charge in [0.25, 0.3) is 0 Å². The van der Waals surface area contributed by atoms with Crippen molar-refractivity contribution in [3.63, 3.8) is 0 Å². The molecule has 1 aliphatic rings. The average Bonchev–Trinajstić information content (AvgIpc) is 2.96. The highest BCUT2D eigenvalue weighted by Crippen LogP contribution is 2.24. The standard InChI is InChI=1S/C29H32ClN3O5/c1-36-24-7-5-6-21(18-24)20-38-27(22-10-12-23(30)13-11-22)19-32-14-16-33(17-15-32)29(35)31-26-9-4-3-8-25(26)28(34)37-2/h3-13,18,27H,14-17,19-20H2,1-2H3,(H,31,35). The molecular weight excluding hydrogens is 506 g/mol. The van der Waals surface area contributed by atoms with Crippen LogP contribution in [0.5, 0.6) is 5.75 Å². The maximum absolute atomic E-state index is 12.9. The fourth-order valence-electron chi connectivity index (χ4n) is 4.33. The fraction of sp³-hybridized carbons (Fsp3) is 0.310. The minimum atomic E-state index is -0.493. The van der Waals surface area contributed by atoms with Gasteiger partial charge in [0, 0.05) is 37.7 Å². The van der Waals surface area contributed by atoms with Crippen LogP contribution in [0.2, 0.25) is 5.02 Å². The smallest absolute Gasteiger partial charge is 0.339 e. The number of nitrogens with one attached hydrogen (secondary N) is 1. The van der Waals surface area contributed by atoms with Crippen LogP contribution in [0.4, 0.5) is 10.5 Å². The van der Waals surface area contributed by atoms with Crippen molar-refractivity contribution in [2.24, 2.45) is 0 Å². The third-order valence-electron chi connectivity index (χ3n) is 6.48. The molecule has 200 valence electrons. The molecule has 9 heteroatoms. The highest BCUT2D eigenvalue weighted by atomic mass is 35.5. The Labute approximate surface area is 228 Å². The van der Waals surface area contributed by atoms with Crippen LogP contribution < -0.4 is 10.1 Å². The molecule has 1 N–H and O–H groups in total. The highest BCUT2D eigenvalue weighted by Gasteiger charge is 2.25. The molecule has 1 saturated heterocycles. The average molecular weight is 538 g/mol. The van der Waals surface area contributed by atoms with E-state index in [0.717, 1.165) is 16.9 Å². The summed E-state index contributed by atoms with van der Waals surface area (Å²) in [5.41, 5.74) is 2.82. The monoisotopic (exact) mass is 537 g/mol. The number of methoxy groups -OCH3 is 2. The summed E-state index contributed by atoms with van der Waals surface area (Å²) in [6, 6.07) is 22.1. The van der Waals surface area contributed by atoms with Gasteiger partial charge in [0.15, 0.2) is 0 Å². The fourth-order valence-corrected chi connectivity index (χ4v) is 4.46. The molecule has 3 aromatic rings. The number of hydrogen-bond acceptors (Lipinski definition) is 6. The van der Waals surface area contributed by atoms with E-state index < -0.39 is 5.97 Å². The first kappa shape index (κ1) is 27.4. The Balaban J connectivity index is 1.36. The van der Waals surface area contributed by atoms with Crippen molar-refractivity contribution < 1.29 is 23.8 Å². The summed E-state index contributed by atoms with van der Waals surface area (Å²) in [6.45, 7) is 3.60. The summed E-state index contributed by atoms with van der Waals surface area (Å²) in [6.07, 6.45) is -0.175. The number of halogens is 1. The lowest BCUT2D eigenvalue weighted by Crippen LogP contribution is -2.51. The van der Waals surface area contributed by atoms with Gasteiger partial charge in [-0.15, -0.1) is 0 Å². The number of amides is 2. The Morgan fingerprint density at radius 3 is 2.39 bits per heavy atom. The molecule has 1 unspecified atom stereocenters. The third-order valence-corrected chi connectivity index (χ3v) is 6.74. The van der Waals surface area contributed by atoms with Crippen LogP contribution in [-0.2, 0) is 16.1 Å². The van der Waals surface area contributed by atoms with E-state index in [1.54, 1.807) is 36.3 Å². The van der Waals surface area contributed by atoms with E-state index >= 15 is 0 Å². The quantitative estimate of drug-likeness (QED) is 0.376. The lowest BCUT2D eigenvalue weighted by atomic mass is 10.1. The first-order chi connectivity index (χ1) is 18.5. The summed E-state index contributed by atoms with van der Waals surface area (Å²) in [5.74, 6) is 0.297. The largest absolute Gasteiger partial charge is 0.497 e. The number of carbonyl (C=O) groups is 2. The zero-order chi connectivity index (χ0) is 26.9. The van der Waals surface area contributed by atoms with Crippen LogP contribution >= 0.6 is 11.6 Å². The number of urea groups is 1. The molecule has 1 fully saturated rings. The van der Waals surface area contributed by atoms with Gasteiger partial charge in [-0.3, -0.25) is 4.90 Å². The Morgan fingerprint density at radius 2 is 1.68 bits per heavy atom. The van der Waals surface area contributed by atoms with Gasteiger partial charge in [0.05, 0.1) is 38.2 Å². The third kappa shape index (κ3) is 7.25. The maximum Gasteiger partial charge on any atom is 0.339 e. The lowest BCUT2D eigenvalue weighted by molar-refractivity contribution is 0.00588. The second-order valence-electron chi connectivity index (χ2n) is 8.96. The molecule has 4 rings (SSSR count). The molecule has 0 radical (unpaired) electrons. The second-order valence-corrected chi connectivity index (χ2v) is 9.39. The molecular formula is C29H32ClN3O5. The summed E-state index contributed by atoms with van der Waals surface area (Å²) in [5, 5.41) is 3.52. The molecule has 0 aliphatic carbocycles. The van der Waals surface area contributed by atoms with Crippen LogP contribution in [-0.4, -0.2) is 68.7 Å². The number of piperazine rings is 1. The van der Waals surface area contributed by atoms with Gasteiger partial charge in [0.1, 0.15) is 5.75 Å². The van der Waals surface area contributed by atoms with Crippen LogP contribution in [0.15, 0.2) is 72.8 Å². The van der Waals surface area contributed by atoms with Crippen molar-refractivity contribution in [1.82, 2.24) is 9.80 Å². The van der Waals surface area contributed by atoms with E-state index in [9.17, 15) is 9.59 Å². The SMILES string of the molecule is COC(=O)c1ccccc1NC(=O)N1CCN(CC(OCc2cccc(OC)c2)c2ccc(Cl)cc2)CC1. The lowest BCUT2D eigenvalue weighted by Gasteiger charge is -2.36. The second kappa shape index (κ2) is 13.3. The van der Waals surface area contributed by atoms with Crippen molar-refractivity contribution in [2.75, 3.05) is 52.3 Å². The summed E-state index contributed by atoms with van der Waals surface area (Å²) >= 11 is 6.12. The summed E-state index contributed by atoms with van der Waals surface area (Å²) in [4.78, 5) is 29.0. The van der Waals surface area contributed by atoms with Crippen molar-refractivity contribution in [3.8, 4) is 5.75 Å². The molecule has 8 nitrogen and oxygen atoms in total. The number of benzene rings is 3. The summed E-state index contributed by atoms with van der Waals surface area (Å²) < 4.78 is 16.5. The topological polar surface area (TPSA) is 80.3 Å². The normalized spacial score (nSPS) is 14.6. The van der Waals surface area contributed by atoms with Gasteiger partial charge in [-0.2, -0.15) is 0 Å². The van der Waals surface area contributed by atoms with Crippen molar-refractivity contribution >= 4 is 29.3 Å². The zero-order valence-electron chi connectivity index (χ0n) is 21.6. The van der Waals surface area contributed by atoms with Gasteiger partial charge in [-0.05, 0) is 47.5 Å². The molecule has 38 heavy (non-hydrogen) atoms. The van der Waals surface area contributed by atoms with E-state index in [-0.39, 0.29) is 12.1 Å². The van der Waals surface area contributed by atoms with Crippen molar-refractivity contribution in [2.45, 2.75) is 12.7 Å². The minimum Gasteiger partial charge on any atom is -0.497 e. The summed E-state index contributed by atoms with van der Waals surface area (Å²) in [7, 11) is 2.96. The van der Waals surface area contributed by atoms with E-state index in [1.807, 2.05) is 48.5 Å². The number of anilines is 1. The van der Waals surface area contributed by atoms with Gasteiger partial charge in [-0.1, -0.05) is 48.0 Å². The predicted molar refractivity (Wildman–Crippen MR) is 147 cm³/mol. The molecule has 1 aliphatic heterocycles. The van der Waals surface area contributed by atoms with Crippen LogP contribution in [0.1, 0.15) is 27.6 Å². The van der Waals surface area contributed by atoms with Crippen LogP contribution in [0, 0.1) is 0 Å². The maximum atomic E-state index is 12.9. The van der Waals surface area contributed by atoms with Crippen LogP contribution in [0.3, 0.4) is 0 Å². The number of carbonyl (C=O) groups excluding carboxylic acids is 2. The Bertz CT molecular complexity index is 1230.